The van der Waals surface area contributed by atoms with Crippen LogP contribution in [0.3, 0.4) is 0 Å². The summed E-state index contributed by atoms with van der Waals surface area (Å²) in [7, 11) is 0. The van der Waals surface area contributed by atoms with Gasteiger partial charge >= 0.3 is 6.18 Å². The van der Waals surface area contributed by atoms with Gasteiger partial charge in [0.2, 0.25) is 5.91 Å². The average molecular weight is 341 g/mol. The fourth-order valence-electron chi connectivity index (χ4n) is 2.18. The number of alkyl halides is 3. The molecule has 0 aliphatic carbocycles. The topological polar surface area (TPSA) is 56.1 Å². The van der Waals surface area contributed by atoms with Crippen LogP contribution < -0.4 is 10.1 Å². The quantitative estimate of drug-likeness (QED) is 0.900. The van der Waals surface area contributed by atoms with Crippen molar-refractivity contribution >= 4 is 11.6 Å². The number of aryl methyl sites for hydroxylation is 1. The molecule has 1 atom stereocenters. The van der Waals surface area contributed by atoms with E-state index in [4.69, 9.17) is 4.74 Å². The molecule has 0 aliphatic rings. The molecule has 0 radical (unpaired) electrons. The summed E-state index contributed by atoms with van der Waals surface area (Å²) in [5.74, 6) is 0.209. The molecule has 2 rings (SSSR count). The molecule has 1 N–H and O–H groups in total. The molecule has 0 bridgehead atoms. The van der Waals surface area contributed by atoms with Crippen molar-refractivity contribution in [3.63, 3.8) is 0 Å². The van der Waals surface area contributed by atoms with Crippen LogP contribution in [0.25, 0.3) is 0 Å². The summed E-state index contributed by atoms with van der Waals surface area (Å²) in [5, 5.41) is 6.14. The molecule has 8 heteroatoms. The van der Waals surface area contributed by atoms with E-state index in [0.717, 1.165) is 10.7 Å². The van der Waals surface area contributed by atoms with E-state index in [1.54, 1.807) is 24.3 Å². The zero-order valence-corrected chi connectivity index (χ0v) is 13.5. The molecule has 2 aromatic rings. The van der Waals surface area contributed by atoms with Crippen molar-refractivity contribution in [2.24, 2.45) is 0 Å². The SMILES string of the molecule is CCOc1ccc(NC(=O)C(C)n2nc(C(F)(F)F)cc2C)cc1. The van der Waals surface area contributed by atoms with Gasteiger partial charge in [0, 0.05) is 11.4 Å². The predicted molar refractivity (Wildman–Crippen MR) is 82.9 cm³/mol. The highest BCUT2D eigenvalue weighted by Crippen LogP contribution is 2.29. The molecule has 0 saturated heterocycles. The third kappa shape index (κ3) is 4.06. The Bertz CT molecular complexity index is 708. The zero-order valence-electron chi connectivity index (χ0n) is 13.5. The van der Waals surface area contributed by atoms with Crippen molar-refractivity contribution in [1.82, 2.24) is 9.78 Å². The molecule has 1 aromatic carbocycles. The van der Waals surface area contributed by atoms with E-state index in [-0.39, 0.29) is 5.69 Å². The number of amides is 1. The van der Waals surface area contributed by atoms with Crippen LogP contribution in [0.15, 0.2) is 30.3 Å². The first-order valence-corrected chi connectivity index (χ1v) is 7.39. The third-order valence-electron chi connectivity index (χ3n) is 3.39. The Balaban J connectivity index is 2.11. The van der Waals surface area contributed by atoms with Gasteiger partial charge in [-0.3, -0.25) is 9.48 Å². The third-order valence-corrected chi connectivity index (χ3v) is 3.39. The number of benzene rings is 1. The van der Waals surface area contributed by atoms with Crippen molar-refractivity contribution in [3.8, 4) is 5.75 Å². The fraction of sp³-hybridized carbons (Fsp3) is 0.375. The van der Waals surface area contributed by atoms with Crippen molar-refractivity contribution in [1.29, 1.82) is 0 Å². The molecule has 1 unspecified atom stereocenters. The normalized spacial score (nSPS) is 12.8. The van der Waals surface area contributed by atoms with Crippen molar-refractivity contribution < 1.29 is 22.7 Å². The summed E-state index contributed by atoms with van der Waals surface area (Å²) in [5.41, 5.74) is -0.228. The second-order valence-electron chi connectivity index (χ2n) is 5.24. The van der Waals surface area contributed by atoms with Gasteiger partial charge in [-0.25, -0.2) is 0 Å². The number of aromatic nitrogens is 2. The van der Waals surface area contributed by atoms with Gasteiger partial charge in [-0.15, -0.1) is 0 Å². The van der Waals surface area contributed by atoms with Gasteiger partial charge in [-0.2, -0.15) is 18.3 Å². The van der Waals surface area contributed by atoms with Crippen LogP contribution in [0.1, 0.15) is 31.3 Å². The first kappa shape index (κ1) is 17.8. The molecule has 0 saturated carbocycles. The Labute approximate surface area is 137 Å². The summed E-state index contributed by atoms with van der Waals surface area (Å²) < 4.78 is 44.5. The largest absolute Gasteiger partial charge is 0.494 e. The minimum atomic E-state index is -4.54. The number of carbonyl (C=O) groups excluding carboxylic acids is 1. The first-order valence-electron chi connectivity index (χ1n) is 7.39. The Morgan fingerprint density at radius 2 is 1.96 bits per heavy atom. The molecule has 0 spiro atoms. The van der Waals surface area contributed by atoms with E-state index >= 15 is 0 Å². The number of halogens is 3. The molecular formula is C16H18F3N3O2. The lowest BCUT2D eigenvalue weighted by molar-refractivity contribution is -0.141. The lowest BCUT2D eigenvalue weighted by Crippen LogP contribution is -2.25. The van der Waals surface area contributed by atoms with Gasteiger partial charge < -0.3 is 10.1 Å². The Morgan fingerprint density at radius 3 is 2.46 bits per heavy atom. The number of nitrogens with zero attached hydrogens (tertiary/aromatic N) is 2. The van der Waals surface area contributed by atoms with E-state index in [9.17, 15) is 18.0 Å². The van der Waals surface area contributed by atoms with Crippen molar-refractivity contribution in [3.05, 3.63) is 41.7 Å². The van der Waals surface area contributed by atoms with Gasteiger partial charge in [0.25, 0.3) is 0 Å². The van der Waals surface area contributed by atoms with E-state index in [0.29, 0.717) is 18.0 Å². The second kappa shape index (κ2) is 6.94. The fourth-order valence-corrected chi connectivity index (χ4v) is 2.18. The minimum absolute atomic E-state index is 0.261. The number of carbonyl (C=O) groups is 1. The van der Waals surface area contributed by atoms with Crippen LogP contribution >= 0.6 is 0 Å². The zero-order chi connectivity index (χ0) is 17.9. The maximum atomic E-state index is 12.7. The highest BCUT2D eigenvalue weighted by Gasteiger charge is 2.35. The standard InChI is InChI=1S/C16H18F3N3O2/c1-4-24-13-7-5-12(6-8-13)20-15(23)11(3)22-10(2)9-14(21-22)16(17,18)19/h5-9,11H,4H2,1-3H3,(H,20,23). The summed E-state index contributed by atoms with van der Waals surface area (Å²) >= 11 is 0. The van der Waals surface area contributed by atoms with Crippen LogP contribution in [-0.4, -0.2) is 22.3 Å². The first-order chi connectivity index (χ1) is 11.2. The summed E-state index contributed by atoms with van der Waals surface area (Å²) in [6, 6.07) is 6.75. The number of nitrogens with one attached hydrogen (secondary N) is 1. The lowest BCUT2D eigenvalue weighted by atomic mass is 10.2. The number of hydrogen-bond acceptors (Lipinski definition) is 3. The van der Waals surface area contributed by atoms with Gasteiger partial charge in [-0.1, -0.05) is 0 Å². The van der Waals surface area contributed by atoms with E-state index in [2.05, 4.69) is 10.4 Å². The monoisotopic (exact) mass is 341 g/mol. The minimum Gasteiger partial charge on any atom is -0.494 e. The molecule has 0 fully saturated rings. The highest BCUT2D eigenvalue weighted by atomic mass is 19.4. The second-order valence-corrected chi connectivity index (χ2v) is 5.24. The van der Waals surface area contributed by atoms with Crippen LogP contribution in [-0.2, 0) is 11.0 Å². The van der Waals surface area contributed by atoms with Gasteiger partial charge in [0.15, 0.2) is 5.69 Å². The van der Waals surface area contributed by atoms with E-state index < -0.39 is 23.8 Å². The summed E-state index contributed by atoms with van der Waals surface area (Å²) in [6.07, 6.45) is -4.54. The molecule has 1 amide bonds. The summed E-state index contributed by atoms with van der Waals surface area (Å²) in [4.78, 5) is 12.3. The van der Waals surface area contributed by atoms with Crippen molar-refractivity contribution in [2.75, 3.05) is 11.9 Å². The predicted octanol–water partition coefficient (Wildman–Crippen LogP) is 3.81. The molecule has 24 heavy (non-hydrogen) atoms. The average Bonchev–Trinajstić information content (AvgIpc) is 2.91. The van der Waals surface area contributed by atoms with E-state index in [1.165, 1.54) is 13.8 Å². The molecular weight excluding hydrogens is 323 g/mol. The Hall–Kier alpha value is -2.51. The Morgan fingerprint density at radius 1 is 1.33 bits per heavy atom. The van der Waals surface area contributed by atoms with Gasteiger partial charge in [-0.05, 0) is 51.1 Å². The van der Waals surface area contributed by atoms with Crippen molar-refractivity contribution in [2.45, 2.75) is 33.0 Å². The number of ether oxygens (including phenoxy) is 1. The number of rotatable bonds is 5. The maximum absolute atomic E-state index is 12.7. The molecule has 5 nitrogen and oxygen atoms in total. The van der Waals surface area contributed by atoms with Gasteiger partial charge in [0.1, 0.15) is 11.8 Å². The molecule has 0 aliphatic heterocycles. The molecule has 1 heterocycles. The van der Waals surface area contributed by atoms with Crippen LogP contribution in [0, 0.1) is 6.92 Å². The van der Waals surface area contributed by atoms with Gasteiger partial charge in [0.05, 0.1) is 6.61 Å². The summed E-state index contributed by atoms with van der Waals surface area (Å²) in [6.45, 7) is 5.36. The number of hydrogen-bond donors (Lipinski definition) is 1. The maximum Gasteiger partial charge on any atom is 0.435 e. The smallest absolute Gasteiger partial charge is 0.435 e. The molecule has 130 valence electrons. The lowest BCUT2D eigenvalue weighted by Gasteiger charge is -2.15. The van der Waals surface area contributed by atoms with Crippen LogP contribution in [0.2, 0.25) is 0 Å². The van der Waals surface area contributed by atoms with Crippen LogP contribution in [0.4, 0.5) is 18.9 Å². The number of anilines is 1. The van der Waals surface area contributed by atoms with E-state index in [1.807, 2.05) is 6.92 Å². The highest BCUT2D eigenvalue weighted by molar-refractivity contribution is 5.93. The Kier molecular flexibility index (Phi) is 5.16. The molecule has 1 aromatic heterocycles. The van der Waals surface area contributed by atoms with Crippen LogP contribution in [0.5, 0.6) is 5.75 Å².